The number of rotatable bonds is 6. The molecule has 25 heavy (non-hydrogen) atoms. The first-order valence-electron chi connectivity index (χ1n) is 8.03. The zero-order valence-corrected chi connectivity index (χ0v) is 13.8. The molecule has 1 aromatic carbocycles. The second kappa shape index (κ2) is 6.36. The van der Waals surface area contributed by atoms with Crippen molar-refractivity contribution in [2.45, 2.75) is 24.9 Å². The van der Waals surface area contributed by atoms with E-state index in [1.54, 1.807) is 31.4 Å². The average molecular weight is 348 g/mol. The Kier molecular flexibility index (Phi) is 4.38. The van der Waals surface area contributed by atoms with Gasteiger partial charge < -0.3 is 19.8 Å². The van der Waals surface area contributed by atoms with Gasteiger partial charge in [-0.2, -0.15) is 0 Å². The minimum Gasteiger partial charge on any atom is -0.497 e. The highest BCUT2D eigenvalue weighted by atomic mass is 16.5. The molecule has 0 atom stereocenters. The molecule has 1 aliphatic carbocycles. The fourth-order valence-corrected chi connectivity index (χ4v) is 3.57. The Labute approximate surface area is 144 Å². The number of carboxylic acids is 1. The number of carbonyl (C=O) groups excluding carboxylic acids is 2. The third-order valence-corrected chi connectivity index (χ3v) is 4.96. The molecule has 0 bridgehead atoms. The lowest BCUT2D eigenvalue weighted by Crippen LogP contribution is -2.60. The number of carboxylic acid groups (broad SMARTS) is 1. The minimum absolute atomic E-state index is 0.00995. The van der Waals surface area contributed by atoms with Gasteiger partial charge >= 0.3 is 12.0 Å². The van der Waals surface area contributed by atoms with E-state index in [4.69, 9.17) is 9.84 Å². The number of carbonyl (C=O) groups is 3. The summed E-state index contributed by atoms with van der Waals surface area (Å²) in [4.78, 5) is 39.1. The zero-order chi connectivity index (χ0) is 18.2. The van der Waals surface area contributed by atoms with E-state index in [-0.39, 0.29) is 38.4 Å². The summed E-state index contributed by atoms with van der Waals surface area (Å²) in [6.07, 6.45) is 0.179. The van der Waals surface area contributed by atoms with Gasteiger partial charge in [-0.3, -0.25) is 14.5 Å². The molecule has 8 heteroatoms. The maximum Gasteiger partial charge on any atom is 0.328 e. The van der Waals surface area contributed by atoms with Crippen molar-refractivity contribution in [3.05, 3.63) is 29.8 Å². The first-order valence-corrected chi connectivity index (χ1v) is 8.03. The van der Waals surface area contributed by atoms with Gasteiger partial charge in [-0.25, -0.2) is 4.79 Å². The predicted octanol–water partition coefficient (Wildman–Crippen LogP) is 0.685. The smallest absolute Gasteiger partial charge is 0.328 e. The van der Waals surface area contributed by atoms with Crippen LogP contribution in [0.25, 0.3) is 0 Å². The quantitative estimate of drug-likeness (QED) is 0.732. The Balaban J connectivity index is 1.81. The monoisotopic (exact) mass is 348 g/mol. The number of nitrogens with zero attached hydrogens (tertiary/aromatic N) is 2. The van der Waals surface area contributed by atoms with Crippen LogP contribution in [-0.4, -0.2) is 63.7 Å². The second-order valence-corrected chi connectivity index (χ2v) is 6.37. The number of β-amino-alcohol motifs (C(OH)–C–C–N with tert-alkyl or cyclic N) is 1. The van der Waals surface area contributed by atoms with Crippen LogP contribution in [0.1, 0.15) is 18.4 Å². The molecule has 2 fully saturated rings. The fourth-order valence-electron chi connectivity index (χ4n) is 3.57. The number of urea groups is 1. The third kappa shape index (κ3) is 2.72. The van der Waals surface area contributed by atoms with E-state index < -0.39 is 23.5 Å². The second-order valence-electron chi connectivity index (χ2n) is 6.37. The molecule has 2 aliphatic rings. The predicted molar refractivity (Wildman–Crippen MR) is 85.8 cm³/mol. The lowest BCUT2D eigenvalue weighted by Gasteiger charge is -2.45. The standard InChI is InChI=1S/C17H20N2O6/c1-25-13-4-2-11(3-5-13)10-18-15(23)17(8-12(9-17)14(21)22)19(6-7-20)16(18)24/h2-5,12,20H,6-10H2,1H3,(H,21,22). The largest absolute Gasteiger partial charge is 0.497 e. The summed E-state index contributed by atoms with van der Waals surface area (Å²) in [5.74, 6) is -1.33. The maximum atomic E-state index is 12.9. The molecule has 3 amide bonds. The normalized spacial score (nSPS) is 25.4. The zero-order valence-electron chi connectivity index (χ0n) is 13.8. The summed E-state index contributed by atoms with van der Waals surface area (Å²) in [5, 5.41) is 18.3. The van der Waals surface area contributed by atoms with E-state index in [1.165, 1.54) is 4.90 Å². The van der Waals surface area contributed by atoms with Gasteiger partial charge in [0, 0.05) is 6.54 Å². The number of aliphatic carboxylic acids is 1. The maximum absolute atomic E-state index is 12.9. The van der Waals surface area contributed by atoms with Gasteiger partial charge in [-0.15, -0.1) is 0 Å². The number of aliphatic hydroxyl groups excluding tert-OH is 1. The molecular formula is C17H20N2O6. The van der Waals surface area contributed by atoms with Crippen molar-refractivity contribution < 1.29 is 29.3 Å². The van der Waals surface area contributed by atoms with Gasteiger partial charge in [0.15, 0.2) is 0 Å². The van der Waals surface area contributed by atoms with Crippen LogP contribution in [0.4, 0.5) is 4.79 Å². The molecule has 0 radical (unpaired) electrons. The Hall–Kier alpha value is -2.61. The van der Waals surface area contributed by atoms with Crippen molar-refractivity contribution in [2.24, 2.45) is 5.92 Å². The van der Waals surface area contributed by atoms with Crippen molar-refractivity contribution in [1.82, 2.24) is 9.80 Å². The summed E-state index contributed by atoms with van der Waals surface area (Å²) in [6.45, 7) is -0.173. The lowest BCUT2D eigenvalue weighted by atomic mass is 9.67. The topological polar surface area (TPSA) is 107 Å². The van der Waals surface area contributed by atoms with Crippen LogP contribution in [0.5, 0.6) is 5.75 Å². The van der Waals surface area contributed by atoms with Gasteiger partial charge in [0.05, 0.1) is 26.2 Å². The number of imide groups is 1. The third-order valence-electron chi connectivity index (χ3n) is 4.96. The first-order chi connectivity index (χ1) is 11.9. The Morgan fingerprint density at radius 3 is 2.44 bits per heavy atom. The number of ether oxygens (including phenoxy) is 1. The minimum atomic E-state index is -1.13. The number of hydrogen-bond acceptors (Lipinski definition) is 5. The highest BCUT2D eigenvalue weighted by molar-refractivity contribution is 6.08. The van der Waals surface area contributed by atoms with Crippen LogP contribution in [0, 0.1) is 5.92 Å². The molecular weight excluding hydrogens is 328 g/mol. The summed E-state index contributed by atoms with van der Waals surface area (Å²) < 4.78 is 5.09. The summed E-state index contributed by atoms with van der Waals surface area (Å²) in [7, 11) is 1.55. The Bertz CT molecular complexity index is 696. The number of aliphatic hydroxyl groups is 1. The van der Waals surface area contributed by atoms with E-state index in [0.29, 0.717) is 5.75 Å². The average Bonchev–Trinajstić information content (AvgIpc) is 2.76. The van der Waals surface area contributed by atoms with Gasteiger partial charge in [0.25, 0.3) is 5.91 Å². The van der Waals surface area contributed by atoms with E-state index >= 15 is 0 Å². The van der Waals surface area contributed by atoms with Crippen molar-refractivity contribution in [3.8, 4) is 5.75 Å². The van der Waals surface area contributed by atoms with Crippen molar-refractivity contribution >= 4 is 17.9 Å². The molecule has 2 N–H and O–H groups in total. The van der Waals surface area contributed by atoms with Gasteiger partial charge in [0.2, 0.25) is 0 Å². The van der Waals surface area contributed by atoms with Crippen LogP contribution < -0.4 is 4.74 Å². The molecule has 1 aliphatic heterocycles. The van der Waals surface area contributed by atoms with E-state index in [1.807, 2.05) is 0 Å². The number of hydrogen-bond donors (Lipinski definition) is 2. The first kappa shape index (κ1) is 17.2. The highest BCUT2D eigenvalue weighted by Gasteiger charge is 2.64. The van der Waals surface area contributed by atoms with Crippen molar-refractivity contribution in [1.29, 1.82) is 0 Å². The molecule has 0 aromatic heterocycles. The number of methoxy groups -OCH3 is 1. The number of amides is 3. The fraction of sp³-hybridized carbons (Fsp3) is 0.471. The number of benzene rings is 1. The molecule has 0 unspecified atom stereocenters. The summed E-state index contributed by atoms with van der Waals surface area (Å²) in [6, 6.07) is 6.53. The molecule has 1 heterocycles. The molecule has 1 aromatic rings. The van der Waals surface area contributed by atoms with E-state index in [9.17, 15) is 19.5 Å². The van der Waals surface area contributed by atoms with Crippen molar-refractivity contribution in [2.75, 3.05) is 20.3 Å². The van der Waals surface area contributed by atoms with Crippen LogP contribution in [0.3, 0.4) is 0 Å². The van der Waals surface area contributed by atoms with E-state index in [2.05, 4.69) is 0 Å². The SMILES string of the molecule is COc1ccc(CN2C(=O)N(CCO)C3(CC(C(=O)O)C3)C2=O)cc1. The Morgan fingerprint density at radius 1 is 1.28 bits per heavy atom. The Morgan fingerprint density at radius 2 is 1.92 bits per heavy atom. The molecule has 8 nitrogen and oxygen atoms in total. The molecule has 134 valence electrons. The van der Waals surface area contributed by atoms with Crippen LogP contribution in [0.15, 0.2) is 24.3 Å². The summed E-state index contributed by atoms with van der Waals surface area (Å²) >= 11 is 0. The van der Waals surface area contributed by atoms with Crippen molar-refractivity contribution in [3.63, 3.8) is 0 Å². The molecule has 1 spiro atoms. The van der Waals surface area contributed by atoms with E-state index in [0.717, 1.165) is 10.5 Å². The summed E-state index contributed by atoms with van der Waals surface area (Å²) in [5.41, 5.74) is -0.368. The van der Waals surface area contributed by atoms with Crippen LogP contribution in [-0.2, 0) is 16.1 Å². The molecule has 3 rings (SSSR count). The lowest BCUT2D eigenvalue weighted by molar-refractivity contribution is -0.155. The van der Waals surface area contributed by atoms with Gasteiger partial charge in [-0.05, 0) is 30.5 Å². The van der Waals surface area contributed by atoms with Crippen LogP contribution in [0.2, 0.25) is 0 Å². The highest BCUT2D eigenvalue weighted by Crippen LogP contribution is 2.48. The van der Waals surface area contributed by atoms with Gasteiger partial charge in [0.1, 0.15) is 11.3 Å². The van der Waals surface area contributed by atoms with Gasteiger partial charge in [-0.1, -0.05) is 12.1 Å². The molecule has 1 saturated heterocycles. The van der Waals surface area contributed by atoms with Crippen LogP contribution >= 0.6 is 0 Å². The molecule has 1 saturated carbocycles.